The predicted molar refractivity (Wildman–Crippen MR) is 81.0 cm³/mol. The minimum atomic E-state index is 0.436. The molecule has 5 heteroatoms. The second-order valence-electron chi connectivity index (χ2n) is 4.31. The quantitative estimate of drug-likeness (QED) is 0.675. The summed E-state index contributed by atoms with van der Waals surface area (Å²) < 4.78 is 2.00. The number of aromatic nitrogens is 3. The van der Waals surface area contributed by atoms with Crippen LogP contribution >= 0.6 is 23.2 Å². The predicted octanol–water partition coefficient (Wildman–Crippen LogP) is 4.30. The molecule has 0 fully saturated rings. The van der Waals surface area contributed by atoms with Crippen LogP contribution in [0.15, 0.2) is 54.9 Å². The van der Waals surface area contributed by atoms with Crippen LogP contribution in [0.25, 0.3) is 11.4 Å². The molecule has 2 aromatic heterocycles. The third-order valence-electron chi connectivity index (χ3n) is 2.95. The maximum atomic E-state index is 6.16. The molecule has 3 aromatic rings. The zero-order chi connectivity index (χ0) is 13.9. The van der Waals surface area contributed by atoms with E-state index in [-0.39, 0.29) is 0 Å². The molecule has 0 aliphatic carbocycles. The maximum Gasteiger partial charge on any atom is 0.140 e. The van der Waals surface area contributed by atoms with Crippen LogP contribution in [-0.4, -0.2) is 14.5 Å². The van der Waals surface area contributed by atoms with Gasteiger partial charge in [-0.3, -0.25) is 0 Å². The molecule has 0 amide bonds. The highest BCUT2D eigenvalue weighted by Gasteiger charge is 2.09. The second-order valence-corrected chi connectivity index (χ2v) is 5.10. The lowest BCUT2D eigenvalue weighted by Gasteiger charge is -2.09. The van der Waals surface area contributed by atoms with Gasteiger partial charge in [0.25, 0.3) is 0 Å². The molecule has 0 spiro atoms. The monoisotopic (exact) mass is 303 g/mol. The maximum absolute atomic E-state index is 6.16. The lowest BCUT2D eigenvalue weighted by Crippen LogP contribution is -2.03. The van der Waals surface area contributed by atoms with Gasteiger partial charge in [0.15, 0.2) is 0 Å². The van der Waals surface area contributed by atoms with E-state index in [0.29, 0.717) is 16.7 Å². The van der Waals surface area contributed by atoms with Gasteiger partial charge in [0.2, 0.25) is 0 Å². The fourth-order valence-corrected chi connectivity index (χ4v) is 2.34. The number of hydrogen-bond donors (Lipinski definition) is 0. The van der Waals surface area contributed by atoms with Crippen LogP contribution in [-0.2, 0) is 6.54 Å². The van der Waals surface area contributed by atoms with Gasteiger partial charge in [-0.1, -0.05) is 53.5 Å². The van der Waals surface area contributed by atoms with E-state index in [2.05, 4.69) is 9.97 Å². The van der Waals surface area contributed by atoms with Gasteiger partial charge < -0.3 is 4.57 Å². The first-order valence-corrected chi connectivity index (χ1v) is 6.87. The van der Waals surface area contributed by atoms with Crippen molar-refractivity contribution in [1.82, 2.24) is 14.5 Å². The van der Waals surface area contributed by atoms with Crippen molar-refractivity contribution in [2.24, 2.45) is 0 Å². The summed E-state index contributed by atoms with van der Waals surface area (Å²) in [6.07, 6.45) is 3.67. The molecule has 0 aliphatic heterocycles. The second kappa shape index (κ2) is 5.65. The lowest BCUT2D eigenvalue weighted by molar-refractivity contribution is 0.782. The number of hydrogen-bond acceptors (Lipinski definition) is 2. The van der Waals surface area contributed by atoms with Gasteiger partial charge in [-0.2, -0.15) is 0 Å². The standard InChI is InChI=1S/C15H11Cl2N3/c16-12-6-7-14(17)19-13(12)10-20-9-8-18-15(20)11-4-2-1-3-5-11/h1-9H,10H2. The number of pyridine rings is 1. The van der Waals surface area contributed by atoms with E-state index in [4.69, 9.17) is 23.2 Å². The Balaban J connectivity index is 1.97. The summed E-state index contributed by atoms with van der Waals surface area (Å²) >= 11 is 12.1. The minimum Gasteiger partial charge on any atom is -0.325 e. The summed E-state index contributed by atoms with van der Waals surface area (Å²) in [4.78, 5) is 8.66. The Bertz CT molecular complexity index is 723. The Labute approximate surface area is 126 Å². The van der Waals surface area contributed by atoms with Crippen LogP contribution in [0, 0.1) is 0 Å². The molecular formula is C15H11Cl2N3. The summed E-state index contributed by atoms with van der Waals surface area (Å²) in [6.45, 7) is 0.531. The van der Waals surface area contributed by atoms with Crippen molar-refractivity contribution in [3.63, 3.8) is 0 Å². The van der Waals surface area contributed by atoms with Crippen LogP contribution in [0.1, 0.15) is 5.69 Å². The Morgan fingerprint density at radius 1 is 1.00 bits per heavy atom. The molecule has 1 aromatic carbocycles. The highest BCUT2D eigenvalue weighted by molar-refractivity contribution is 6.32. The highest BCUT2D eigenvalue weighted by atomic mass is 35.5. The number of benzene rings is 1. The zero-order valence-electron chi connectivity index (χ0n) is 10.5. The van der Waals surface area contributed by atoms with Gasteiger partial charge in [-0.05, 0) is 12.1 Å². The molecule has 2 heterocycles. The molecule has 0 bridgehead atoms. The highest BCUT2D eigenvalue weighted by Crippen LogP contribution is 2.21. The molecule has 0 radical (unpaired) electrons. The van der Waals surface area contributed by atoms with E-state index in [9.17, 15) is 0 Å². The topological polar surface area (TPSA) is 30.7 Å². The Morgan fingerprint density at radius 2 is 1.80 bits per heavy atom. The summed E-state index contributed by atoms with van der Waals surface area (Å²) in [5.74, 6) is 0.878. The first-order chi connectivity index (χ1) is 9.74. The first kappa shape index (κ1) is 13.2. The van der Waals surface area contributed by atoms with Crippen LogP contribution in [0.4, 0.5) is 0 Å². The molecule has 0 saturated carbocycles. The minimum absolute atomic E-state index is 0.436. The average molecular weight is 304 g/mol. The van der Waals surface area contributed by atoms with Gasteiger partial charge >= 0.3 is 0 Å². The fraction of sp³-hybridized carbons (Fsp3) is 0.0667. The van der Waals surface area contributed by atoms with Crippen LogP contribution < -0.4 is 0 Å². The van der Waals surface area contributed by atoms with Crippen molar-refractivity contribution < 1.29 is 0 Å². The molecule has 100 valence electrons. The molecule has 0 N–H and O–H groups in total. The summed E-state index contributed by atoms with van der Waals surface area (Å²) in [6, 6.07) is 13.4. The van der Waals surface area contributed by atoms with E-state index in [1.54, 1.807) is 18.3 Å². The van der Waals surface area contributed by atoms with E-state index in [1.165, 1.54) is 0 Å². The van der Waals surface area contributed by atoms with E-state index >= 15 is 0 Å². The lowest BCUT2D eigenvalue weighted by atomic mass is 10.2. The van der Waals surface area contributed by atoms with Crippen LogP contribution in [0.5, 0.6) is 0 Å². The van der Waals surface area contributed by atoms with Gasteiger partial charge in [-0.25, -0.2) is 9.97 Å². The summed E-state index contributed by atoms with van der Waals surface area (Å²) in [7, 11) is 0. The molecule has 0 atom stereocenters. The summed E-state index contributed by atoms with van der Waals surface area (Å²) in [5, 5.41) is 1.04. The van der Waals surface area contributed by atoms with E-state index < -0.39 is 0 Å². The largest absolute Gasteiger partial charge is 0.325 e. The van der Waals surface area contributed by atoms with E-state index in [0.717, 1.165) is 17.1 Å². The SMILES string of the molecule is Clc1ccc(Cl)c(Cn2ccnc2-c2ccccc2)n1. The number of halogens is 2. The molecule has 3 nitrogen and oxygen atoms in total. The van der Waals surface area contributed by atoms with Crippen molar-refractivity contribution in [2.75, 3.05) is 0 Å². The number of nitrogens with zero attached hydrogens (tertiary/aromatic N) is 3. The van der Waals surface area contributed by atoms with Crippen molar-refractivity contribution in [3.05, 3.63) is 70.7 Å². The fourth-order valence-electron chi connectivity index (χ4n) is 2.01. The van der Waals surface area contributed by atoms with Crippen molar-refractivity contribution >= 4 is 23.2 Å². The Hall–Kier alpha value is -1.84. The third kappa shape index (κ3) is 2.69. The van der Waals surface area contributed by atoms with Gasteiger partial charge in [0, 0.05) is 18.0 Å². The van der Waals surface area contributed by atoms with Crippen molar-refractivity contribution in [3.8, 4) is 11.4 Å². The first-order valence-electron chi connectivity index (χ1n) is 6.11. The summed E-state index contributed by atoms with van der Waals surface area (Å²) in [5.41, 5.74) is 1.78. The molecule has 3 rings (SSSR count). The Morgan fingerprint density at radius 3 is 2.60 bits per heavy atom. The molecule has 0 aliphatic rings. The average Bonchev–Trinajstić information content (AvgIpc) is 2.92. The Kier molecular flexibility index (Phi) is 3.72. The van der Waals surface area contributed by atoms with Gasteiger partial charge in [0.05, 0.1) is 17.3 Å². The smallest absolute Gasteiger partial charge is 0.140 e. The van der Waals surface area contributed by atoms with Crippen molar-refractivity contribution in [2.45, 2.75) is 6.54 Å². The van der Waals surface area contributed by atoms with Crippen molar-refractivity contribution in [1.29, 1.82) is 0 Å². The normalized spacial score (nSPS) is 10.7. The molecule has 0 unspecified atom stereocenters. The molecular weight excluding hydrogens is 293 g/mol. The third-order valence-corrected chi connectivity index (χ3v) is 3.51. The molecule has 0 saturated heterocycles. The number of imidazole rings is 1. The van der Waals surface area contributed by atoms with Crippen LogP contribution in [0.2, 0.25) is 10.2 Å². The molecule has 20 heavy (non-hydrogen) atoms. The van der Waals surface area contributed by atoms with E-state index in [1.807, 2.05) is 41.1 Å². The number of rotatable bonds is 3. The van der Waals surface area contributed by atoms with Crippen LogP contribution in [0.3, 0.4) is 0 Å². The van der Waals surface area contributed by atoms with Gasteiger partial charge in [-0.15, -0.1) is 0 Å². The zero-order valence-corrected chi connectivity index (χ0v) is 12.0. The van der Waals surface area contributed by atoms with Gasteiger partial charge in [0.1, 0.15) is 11.0 Å².